The number of pyridine rings is 1. The van der Waals surface area contributed by atoms with Crippen molar-refractivity contribution in [1.82, 2.24) is 19.9 Å². The summed E-state index contributed by atoms with van der Waals surface area (Å²) >= 11 is 3.01. The Kier molecular flexibility index (Phi) is 4.42. The Morgan fingerprint density at radius 1 is 1.33 bits per heavy atom. The van der Waals surface area contributed by atoms with Crippen LogP contribution in [0.15, 0.2) is 56.8 Å². The van der Waals surface area contributed by atoms with Crippen molar-refractivity contribution in [3.05, 3.63) is 57.8 Å². The maximum atomic E-state index is 12.6. The number of hydrogen-bond donors (Lipinski definition) is 3. The zero-order chi connectivity index (χ0) is 19.0. The van der Waals surface area contributed by atoms with E-state index in [1.165, 1.54) is 28.7 Å². The standard InChI is InChI=1S/C17H12N4O4S2/c22-10-6-13(27-12-3-1-2-11-9(12)4-5-26-11)21-16(19-8-20-21)15(10)17(25)18-7-14(23)24/h1-6,8H,7H2,(H,18,25)(H,19,20)(H,23,24). The van der Waals surface area contributed by atoms with Gasteiger partial charge in [0.25, 0.3) is 5.91 Å². The summed E-state index contributed by atoms with van der Waals surface area (Å²) in [5, 5.41) is 17.4. The number of carboxylic acid groups (broad SMARTS) is 1. The Bertz CT molecular complexity index is 1240. The lowest BCUT2D eigenvalue weighted by Gasteiger charge is -2.08. The van der Waals surface area contributed by atoms with Crippen LogP contribution in [0.2, 0.25) is 0 Å². The second kappa shape index (κ2) is 6.89. The van der Waals surface area contributed by atoms with Crippen LogP contribution in [-0.2, 0) is 4.79 Å². The van der Waals surface area contributed by atoms with Gasteiger partial charge in [-0.3, -0.25) is 19.5 Å². The molecule has 0 saturated heterocycles. The highest BCUT2D eigenvalue weighted by Crippen LogP contribution is 2.35. The molecule has 0 unspecified atom stereocenters. The molecule has 3 aromatic heterocycles. The quantitative estimate of drug-likeness (QED) is 0.473. The van der Waals surface area contributed by atoms with Gasteiger partial charge in [0.15, 0.2) is 11.1 Å². The van der Waals surface area contributed by atoms with Crippen molar-refractivity contribution in [3.63, 3.8) is 0 Å². The van der Waals surface area contributed by atoms with Gasteiger partial charge in [-0.2, -0.15) is 0 Å². The van der Waals surface area contributed by atoms with Crippen LogP contribution in [0, 0.1) is 0 Å². The first-order valence-corrected chi connectivity index (χ1v) is 9.47. The Morgan fingerprint density at radius 3 is 3.00 bits per heavy atom. The van der Waals surface area contributed by atoms with Gasteiger partial charge < -0.3 is 10.4 Å². The molecule has 1 amide bonds. The number of aliphatic carboxylic acids is 1. The minimum absolute atomic E-state index is 0.144. The third-order valence-electron chi connectivity index (χ3n) is 3.83. The van der Waals surface area contributed by atoms with Gasteiger partial charge in [-0.15, -0.1) is 11.3 Å². The third kappa shape index (κ3) is 3.20. The maximum Gasteiger partial charge on any atom is 0.322 e. The first kappa shape index (κ1) is 17.3. The lowest BCUT2D eigenvalue weighted by atomic mass is 10.2. The molecular formula is C17H12N4O4S2. The molecule has 0 atom stereocenters. The van der Waals surface area contributed by atoms with Crippen LogP contribution in [0.5, 0.6) is 0 Å². The van der Waals surface area contributed by atoms with Crippen LogP contribution in [0.4, 0.5) is 0 Å². The number of aromatic nitrogens is 3. The fraction of sp³-hybridized carbons (Fsp3) is 0.0588. The highest BCUT2D eigenvalue weighted by molar-refractivity contribution is 7.99. The van der Waals surface area contributed by atoms with Crippen LogP contribution in [-0.4, -0.2) is 38.1 Å². The normalized spacial score (nSPS) is 11.1. The van der Waals surface area contributed by atoms with Crippen LogP contribution in [0.1, 0.15) is 10.4 Å². The van der Waals surface area contributed by atoms with E-state index in [4.69, 9.17) is 5.11 Å². The van der Waals surface area contributed by atoms with Gasteiger partial charge in [-0.05, 0) is 23.6 Å². The molecule has 0 bridgehead atoms. The average molecular weight is 400 g/mol. The summed E-state index contributed by atoms with van der Waals surface area (Å²) in [4.78, 5) is 40.5. The monoisotopic (exact) mass is 400 g/mol. The number of nitrogens with one attached hydrogen (secondary N) is 2. The Morgan fingerprint density at radius 2 is 2.19 bits per heavy atom. The maximum absolute atomic E-state index is 12.6. The molecule has 136 valence electrons. The number of carboxylic acids is 1. The largest absolute Gasteiger partial charge is 0.480 e. The fourth-order valence-electron chi connectivity index (χ4n) is 2.67. The summed E-state index contributed by atoms with van der Waals surface area (Å²) in [6.07, 6.45) is 1.37. The number of hydrogen-bond acceptors (Lipinski definition) is 6. The fourth-order valence-corrected chi connectivity index (χ4v) is 4.60. The summed E-state index contributed by atoms with van der Waals surface area (Å²) in [6.45, 7) is -0.578. The molecule has 8 nitrogen and oxygen atoms in total. The molecule has 0 aliphatic carbocycles. The summed E-state index contributed by atoms with van der Waals surface area (Å²) < 4.78 is 2.67. The lowest BCUT2D eigenvalue weighted by molar-refractivity contribution is -0.135. The second-order valence-corrected chi connectivity index (χ2v) is 7.55. The molecule has 27 heavy (non-hydrogen) atoms. The van der Waals surface area contributed by atoms with E-state index in [1.807, 2.05) is 29.6 Å². The van der Waals surface area contributed by atoms with Crippen LogP contribution in [0.3, 0.4) is 0 Å². The summed E-state index contributed by atoms with van der Waals surface area (Å²) in [7, 11) is 0. The number of nitrogens with zero attached hydrogens (tertiary/aromatic N) is 2. The molecule has 4 aromatic rings. The molecular weight excluding hydrogens is 388 g/mol. The van der Waals surface area contributed by atoms with Crippen LogP contribution < -0.4 is 10.7 Å². The number of fused-ring (bicyclic) bond motifs is 2. The highest BCUT2D eigenvalue weighted by atomic mass is 32.2. The number of rotatable bonds is 5. The molecule has 10 heteroatoms. The molecule has 0 aliphatic rings. The first-order chi connectivity index (χ1) is 13.0. The number of benzene rings is 1. The van der Waals surface area contributed by atoms with E-state index in [9.17, 15) is 14.4 Å². The van der Waals surface area contributed by atoms with Crippen molar-refractivity contribution < 1.29 is 14.7 Å². The minimum atomic E-state index is -1.20. The van der Waals surface area contributed by atoms with E-state index in [-0.39, 0.29) is 11.2 Å². The smallest absolute Gasteiger partial charge is 0.322 e. The zero-order valence-electron chi connectivity index (χ0n) is 13.6. The SMILES string of the molecule is O=C(O)CNC(=O)c1c(=O)cc(Sc2cccc3sccc23)n2[nH]cnc12. The topological polar surface area (TPSA) is 117 Å². The molecule has 0 spiro atoms. The van der Waals surface area contributed by atoms with Gasteiger partial charge in [-0.25, -0.2) is 9.50 Å². The van der Waals surface area contributed by atoms with Crippen LogP contribution in [0.25, 0.3) is 15.7 Å². The number of carbonyl (C=O) groups is 2. The summed E-state index contributed by atoms with van der Waals surface area (Å²) in [5.74, 6) is -1.97. The van der Waals surface area contributed by atoms with E-state index in [1.54, 1.807) is 11.3 Å². The molecule has 0 radical (unpaired) electrons. The molecule has 1 aromatic carbocycles. The predicted molar refractivity (Wildman–Crippen MR) is 102 cm³/mol. The number of carbonyl (C=O) groups excluding carboxylic acids is 1. The number of aromatic amines is 1. The number of H-pyrrole nitrogens is 1. The Hall–Kier alpha value is -3.11. The zero-order valence-corrected chi connectivity index (χ0v) is 15.3. The van der Waals surface area contributed by atoms with E-state index < -0.39 is 23.9 Å². The summed E-state index contributed by atoms with van der Waals surface area (Å²) in [6, 6.07) is 9.29. The average Bonchev–Trinajstić information content (AvgIpc) is 3.29. The van der Waals surface area contributed by atoms with Gasteiger partial charge in [0, 0.05) is 21.0 Å². The minimum Gasteiger partial charge on any atom is -0.480 e. The van der Waals surface area contributed by atoms with Gasteiger partial charge in [0.1, 0.15) is 23.5 Å². The van der Waals surface area contributed by atoms with Gasteiger partial charge in [0.05, 0.1) is 0 Å². The predicted octanol–water partition coefficient (Wildman–Crippen LogP) is 2.20. The van der Waals surface area contributed by atoms with Gasteiger partial charge >= 0.3 is 5.97 Å². The van der Waals surface area contributed by atoms with Crippen molar-refractivity contribution in [2.24, 2.45) is 0 Å². The Labute approximate surface area is 159 Å². The van der Waals surface area contributed by atoms with E-state index >= 15 is 0 Å². The van der Waals surface area contributed by atoms with Gasteiger partial charge in [0.2, 0.25) is 0 Å². The molecule has 0 saturated carbocycles. The van der Waals surface area contributed by atoms with Gasteiger partial charge in [-0.1, -0.05) is 17.8 Å². The second-order valence-electron chi connectivity index (χ2n) is 5.54. The van der Waals surface area contributed by atoms with E-state index in [0.29, 0.717) is 5.03 Å². The van der Waals surface area contributed by atoms with E-state index in [0.717, 1.165) is 15.0 Å². The van der Waals surface area contributed by atoms with Crippen molar-refractivity contribution in [2.75, 3.05) is 6.54 Å². The molecule has 0 aliphatic heterocycles. The molecule has 0 fully saturated rings. The van der Waals surface area contributed by atoms with Crippen LogP contribution >= 0.6 is 23.1 Å². The number of thiophene rings is 1. The van der Waals surface area contributed by atoms with Crippen molar-refractivity contribution >= 4 is 50.7 Å². The van der Waals surface area contributed by atoms with Crippen molar-refractivity contribution in [1.29, 1.82) is 0 Å². The van der Waals surface area contributed by atoms with Crippen molar-refractivity contribution in [3.8, 4) is 0 Å². The molecule has 3 heterocycles. The lowest BCUT2D eigenvalue weighted by Crippen LogP contribution is -2.33. The highest BCUT2D eigenvalue weighted by Gasteiger charge is 2.20. The van der Waals surface area contributed by atoms with E-state index in [2.05, 4.69) is 15.4 Å². The molecule has 3 N–H and O–H groups in total. The Balaban J connectivity index is 1.78. The first-order valence-electron chi connectivity index (χ1n) is 7.78. The summed E-state index contributed by atoms with van der Waals surface area (Å²) in [5.41, 5.74) is -0.578. The number of amides is 1. The molecule has 4 rings (SSSR count). The van der Waals surface area contributed by atoms with Crippen molar-refractivity contribution in [2.45, 2.75) is 9.92 Å². The third-order valence-corrected chi connectivity index (χ3v) is 5.80.